The number of esters is 1. The Hall–Kier alpha value is -3.13. The van der Waals surface area contributed by atoms with E-state index in [4.69, 9.17) is 40.1 Å². The topological polar surface area (TPSA) is 84.8 Å². The minimum absolute atomic E-state index is 0.0312. The Labute approximate surface area is 165 Å². The highest BCUT2D eigenvalue weighted by Gasteiger charge is 2.19. The maximum Gasteiger partial charge on any atom is 0.347 e. The lowest BCUT2D eigenvalue weighted by Gasteiger charge is -2.07. The number of halogens is 1. The Kier molecular flexibility index (Phi) is 5.12. The van der Waals surface area contributed by atoms with Gasteiger partial charge in [0.25, 0.3) is 0 Å². The lowest BCUT2D eigenvalue weighted by atomic mass is 10.1. The smallest absolute Gasteiger partial charge is 0.347 e. The van der Waals surface area contributed by atoms with Crippen LogP contribution in [0, 0.1) is 0 Å². The van der Waals surface area contributed by atoms with Crippen LogP contribution in [0.3, 0.4) is 0 Å². The third-order valence-electron chi connectivity index (χ3n) is 4.06. The first-order valence-corrected chi connectivity index (χ1v) is 8.78. The van der Waals surface area contributed by atoms with Gasteiger partial charge in [-0.25, -0.2) is 4.79 Å². The average molecular weight is 406 g/mol. The number of ether oxygens (including phenoxy) is 5. The van der Waals surface area contributed by atoms with Crippen LogP contribution in [-0.4, -0.2) is 31.9 Å². The van der Waals surface area contributed by atoms with Gasteiger partial charge in [0.2, 0.25) is 20.2 Å². The summed E-state index contributed by atoms with van der Waals surface area (Å²) in [4.78, 5) is 17.0. The zero-order chi connectivity index (χ0) is 19.5. The van der Waals surface area contributed by atoms with Crippen molar-refractivity contribution in [2.45, 2.75) is 13.5 Å². The van der Waals surface area contributed by atoms with Gasteiger partial charge >= 0.3 is 5.97 Å². The molecule has 0 radical (unpaired) electrons. The van der Waals surface area contributed by atoms with E-state index in [9.17, 15) is 4.79 Å². The molecule has 2 aromatic rings. The molecule has 4 rings (SSSR count). The van der Waals surface area contributed by atoms with Crippen LogP contribution in [0.25, 0.3) is 0 Å². The number of hydrogen-bond acceptors (Lipinski definition) is 8. The fraction of sp³-hybridized carbons (Fsp3) is 0.263. The number of carbonyl (C=O) groups excluding carboxylic acids is 1. The molecule has 2 heterocycles. The molecule has 0 spiro atoms. The molecule has 0 aliphatic carbocycles. The average Bonchev–Trinajstić information content (AvgIpc) is 3.35. The summed E-state index contributed by atoms with van der Waals surface area (Å²) in [5, 5.41) is 4.34. The van der Waals surface area contributed by atoms with Gasteiger partial charge in [-0.2, -0.15) is 0 Å². The molecular formula is C19H16ClNO7. The van der Waals surface area contributed by atoms with Crippen molar-refractivity contribution in [2.24, 2.45) is 5.16 Å². The molecule has 0 amide bonds. The molecule has 0 saturated heterocycles. The maximum atomic E-state index is 11.9. The molecular weight excluding hydrogens is 390 g/mol. The van der Waals surface area contributed by atoms with Crippen LogP contribution < -0.4 is 18.9 Å². The van der Waals surface area contributed by atoms with Gasteiger partial charge < -0.3 is 28.5 Å². The Morgan fingerprint density at radius 1 is 1.07 bits per heavy atom. The highest BCUT2D eigenvalue weighted by molar-refractivity contribution is 6.32. The highest BCUT2D eigenvalue weighted by atomic mass is 35.5. The van der Waals surface area contributed by atoms with Crippen molar-refractivity contribution in [2.75, 3.05) is 20.2 Å². The Bertz CT molecular complexity index is 944. The molecule has 0 atom stereocenters. The number of rotatable bonds is 6. The molecule has 0 bridgehead atoms. The molecule has 0 unspecified atom stereocenters. The molecule has 2 aromatic carbocycles. The van der Waals surface area contributed by atoms with Gasteiger partial charge in [0.15, 0.2) is 23.0 Å². The van der Waals surface area contributed by atoms with E-state index in [0.717, 1.165) is 5.56 Å². The van der Waals surface area contributed by atoms with Crippen molar-refractivity contribution in [1.82, 2.24) is 0 Å². The van der Waals surface area contributed by atoms with Crippen LogP contribution >= 0.6 is 11.6 Å². The quantitative estimate of drug-likeness (QED) is 0.414. The summed E-state index contributed by atoms with van der Waals surface area (Å²) in [6.07, 6.45) is 0. The van der Waals surface area contributed by atoms with E-state index in [1.807, 2.05) is 6.07 Å². The van der Waals surface area contributed by atoms with Gasteiger partial charge in [-0.15, -0.1) is 0 Å². The van der Waals surface area contributed by atoms with Gasteiger partial charge in [0.05, 0.1) is 10.7 Å². The van der Waals surface area contributed by atoms with E-state index in [1.54, 1.807) is 31.2 Å². The number of benzene rings is 2. The van der Waals surface area contributed by atoms with Crippen LogP contribution in [0.4, 0.5) is 0 Å². The Balaban J connectivity index is 1.28. The standard InChI is InChI=1S/C19H16ClNO7/c1-11(13-2-3-15-16(6-13)25-9-24-15)21-28-8-18(22)23-7-12-4-14(20)19-17(5-12)26-10-27-19/h2-6H,7-10H2,1H3/b21-11+. The summed E-state index contributed by atoms with van der Waals surface area (Å²) in [6, 6.07) is 8.79. The van der Waals surface area contributed by atoms with Crippen molar-refractivity contribution in [3.63, 3.8) is 0 Å². The molecule has 0 N–H and O–H groups in total. The number of oxime groups is 1. The van der Waals surface area contributed by atoms with Gasteiger partial charge in [0.1, 0.15) is 6.61 Å². The Morgan fingerprint density at radius 2 is 1.86 bits per heavy atom. The lowest BCUT2D eigenvalue weighted by Crippen LogP contribution is -2.11. The number of hydrogen-bond donors (Lipinski definition) is 0. The van der Waals surface area contributed by atoms with E-state index in [2.05, 4.69) is 5.16 Å². The zero-order valence-electron chi connectivity index (χ0n) is 14.9. The van der Waals surface area contributed by atoms with Gasteiger partial charge in [-0.05, 0) is 42.8 Å². The monoisotopic (exact) mass is 405 g/mol. The van der Waals surface area contributed by atoms with E-state index < -0.39 is 5.97 Å². The molecule has 2 aliphatic heterocycles. The van der Waals surface area contributed by atoms with E-state index in [-0.39, 0.29) is 26.8 Å². The second-order valence-electron chi connectivity index (χ2n) is 5.99. The lowest BCUT2D eigenvalue weighted by molar-refractivity contribution is -0.150. The molecule has 0 saturated carbocycles. The summed E-state index contributed by atoms with van der Waals surface area (Å²) in [5.74, 6) is 1.79. The van der Waals surface area contributed by atoms with E-state index >= 15 is 0 Å². The SMILES string of the molecule is C/C(=N\OCC(=O)OCc1cc(Cl)c2c(c1)OCO2)c1ccc2c(c1)OCO2. The second-order valence-corrected chi connectivity index (χ2v) is 6.40. The third kappa shape index (κ3) is 3.91. The number of fused-ring (bicyclic) bond motifs is 2. The first kappa shape index (κ1) is 18.2. The second kappa shape index (κ2) is 7.85. The normalized spacial score (nSPS) is 14.1. The Morgan fingerprint density at radius 3 is 2.75 bits per heavy atom. The summed E-state index contributed by atoms with van der Waals surface area (Å²) in [5.41, 5.74) is 2.07. The molecule has 8 nitrogen and oxygen atoms in total. The van der Waals surface area contributed by atoms with Crippen molar-refractivity contribution < 1.29 is 33.3 Å². The highest BCUT2D eigenvalue weighted by Crippen LogP contribution is 2.40. The zero-order valence-corrected chi connectivity index (χ0v) is 15.7. The summed E-state index contributed by atoms with van der Waals surface area (Å²) >= 11 is 6.10. The first-order chi connectivity index (χ1) is 13.6. The van der Waals surface area contributed by atoms with Crippen molar-refractivity contribution in [3.8, 4) is 23.0 Å². The van der Waals surface area contributed by atoms with Crippen molar-refractivity contribution in [1.29, 1.82) is 0 Å². The molecule has 0 fully saturated rings. The van der Waals surface area contributed by atoms with E-state index in [1.165, 1.54) is 0 Å². The number of nitrogens with zero attached hydrogens (tertiary/aromatic N) is 1. The molecule has 146 valence electrons. The first-order valence-electron chi connectivity index (χ1n) is 8.40. The minimum Gasteiger partial charge on any atom is -0.458 e. The molecule has 2 aliphatic rings. The van der Waals surface area contributed by atoms with Crippen LogP contribution in [0.15, 0.2) is 35.5 Å². The van der Waals surface area contributed by atoms with Gasteiger partial charge in [0, 0.05) is 5.56 Å². The van der Waals surface area contributed by atoms with Gasteiger partial charge in [-0.3, -0.25) is 0 Å². The van der Waals surface area contributed by atoms with Crippen molar-refractivity contribution >= 4 is 23.3 Å². The fourth-order valence-electron chi connectivity index (χ4n) is 2.67. The maximum absolute atomic E-state index is 11.9. The van der Waals surface area contributed by atoms with Crippen molar-refractivity contribution in [3.05, 3.63) is 46.5 Å². The number of carbonyl (C=O) groups is 1. The molecule has 0 aromatic heterocycles. The third-order valence-corrected chi connectivity index (χ3v) is 4.34. The summed E-state index contributed by atoms with van der Waals surface area (Å²) in [6.45, 7) is 1.79. The van der Waals surface area contributed by atoms with Crippen LogP contribution in [0.2, 0.25) is 5.02 Å². The largest absolute Gasteiger partial charge is 0.458 e. The summed E-state index contributed by atoms with van der Waals surface area (Å²) in [7, 11) is 0. The van der Waals surface area contributed by atoms with Gasteiger partial charge in [-0.1, -0.05) is 16.8 Å². The molecule has 28 heavy (non-hydrogen) atoms. The minimum atomic E-state index is -0.559. The molecule has 9 heteroatoms. The van der Waals surface area contributed by atoms with Crippen LogP contribution in [0.1, 0.15) is 18.1 Å². The predicted octanol–water partition coefficient (Wildman–Crippen LogP) is 3.28. The van der Waals surface area contributed by atoms with Crippen LogP contribution in [0.5, 0.6) is 23.0 Å². The van der Waals surface area contributed by atoms with Crippen LogP contribution in [-0.2, 0) is 21.0 Å². The predicted molar refractivity (Wildman–Crippen MR) is 98.1 cm³/mol. The fourth-order valence-corrected chi connectivity index (χ4v) is 2.95. The summed E-state index contributed by atoms with van der Waals surface area (Å²) < 4.78 is 26.3. The van der Waals surface area contributed by atoms with E-state index in [0.29, 0.717) is 39.3 Å².